The van der Waals surface area contributed by atoms with Crippen molar-refractivity contribution in [3.63, 3.8) is 0 Å². The zero-order valence-electron chi connectivity index (χ0n) is 8.56. The average Bonchev–Trinajstić information content (AvgIpc) is 2.26. The van der Waals surface area contributed by atoms with E-state index in [1.54, 1.807) is 0 Å². The number of halogens is 1. The second-order valence-corrected chi connectivity index (χ2v) is 3.28. The van der Waals surface area contributed by atoms with E-state index in [2.05, 4.69) is 4.98 Å². The third-order valence-electron chi connectivity index (χ3n) is 1.63. The summed E-state index contributed by atoms with van der Waals surface area (Å²) in [5.41, 5.74) is 3.47. The van der Waals surface area contributed by atoms with Crippen molar-refractivity contribution in [2.75, 3.05) is 0 Å². The van der Waals surface area contributed by atoms with Gasteiger partial charge in [-0.15, -0.1) is 0 Å². The van der Waals surface area contributed by atoms with Gasteiger partial charge in [-0.25, -0.2) is 4.98 Å². The smallest absolute Gasteiger partial charge is 0.274 e. The summed E-state index contributed by atoms with van der Waals surface area (Å²) in [5.74, 6) is -1.28. The second kappa shape index (κ2) is 5.21. The number of carbonyl (C=O) groups excluding carboxylic acids is 2. The van der Waals surface area contributed by atoms with Crippen molar-refractivity contribution < 1.29 is 14.5 Å². The van der Waals surface area contributed by atoms with E-state index in [1.165, 1.54) is 6.92 Å². The largest absolute Gasteiger partial charge is 0.288 e. The van der Waals surface area contributed by atoms with E-state index in [0.29, 0.717) is 0 Å². The highest BCUT2D eigenvalue weighted by molar-refractivity contribution is 6.32. The normalized spacial score (nSPS) is 9.53. The van der Waals surface area contributed by atoms with Gasteiger partial charge in [-0.2, -0.15) is 0 Å². The summed E-state index contributed by atoms with van der Waals surface area (Å²) in [7, 11) is 0. The third kappa shape index (κ3) is 3.38. The maximum atomic E-state index is 11.5. The van der Waals surface area contributed by atoms with Crippen LogP contribution in [0.3, 0.4) is 0 Å². The summed E-state index contributed by atoms with van der Waals surface area (Å²) in [4.78, 5) is 35.3. The summed E-state index contributed by atoms with van der Waals surface area (Å²) >= 11 is 5.60. The Balaban J connectivity index is 2.95. The van der Waals surface area contributed by atoms with Crippen molar-refractivity contribution >= 4 is 29.1 Å². The van der Waals surface area contributed by atoms with Crippen LogP contribution < -0.4 is 10.9 Å². The molecule has 17 heavy (non-hydrogen) atoms. The fourth-order valence-electron chi connectivity index (χ4n) is 0.908. The van der Waals surface area contributed by atoms with E-state index in [-0.39, 0.29) is 16.4 Å². The van der Waals surface area contributed by atoms with Crippen LogP contribution >= 0.6 is 11.6 Å². The van der Waals surface area contributed by atoms with Crippen molar-refractivity contribution in [2.24, 2.45) is 0 Å². The molecular weight excluding hydrogens is 252 g/mol. The highest BCUT2D eigenvalue weighted by Crippen LogP contribution is 2.18. The van der Waals surface area contributed by atoms with Crippen molar-refractivity contribution in [1.29, 1.82) is 0 Å². The first kappa shape index (κ1) is 12.8. The Morgan fingerprint density at radius 1 is 1.47 bits per heavy atom. The molecule has 1 aromatic rings. The molecule has 0 aliphatic carbocycles. The number of pyridine rings is 1. The number of nitrogens with zero attached hydrogens (tertiary/aromatic N) is 2. The van der Waals surface area contributed by atoms with Gasteiger partial charge >= 0.3 is 0 Å². The van der Waals surface area contributed by atoms with Crippen molar-refractivity contribution in [3.8, 4) is 0 Å². The van der Waals surface area contributed by atoms with E-state index >= 15 is 0 Å². The van der Waals surface area contributed by atoms with Crippen LogP contribution in [-0.4, -0.2) is 21.7 Å². The molecule has 1 rings (SSSR count). The molecule has 0 bridgehead atoms. The zero-order valence-corrected chi connectivity index (χ0v) is 9.32. The average molecular weight is 259 g/mol. The van der Waals surface area contributed by atoms with Crippen LogP contribution in [-0.2, 0) is 4.79 Å². The molecule has 0 spiro atoms. The molecule has 8 nitrogen and oxygen atoms in total. The predicted octanol–water partition coefficient (Wildman–Crippen LogP) is 0.424. The Bertz CT molecular complexity index is 490. The van der Waals surface area contributed by atoms with Crippen LogP contribution in [0, 0.1) is 10.1 Å². The first-order valence-corrected chi connectivity index (χ1v) is 4.66. The fourth-order valence-corrected chi connectivity index (χ4v) is 1.10. The third-order valence-corrected chi connectivity index (χ3v) is 1.93. The Morgan fingerprint density at radius 2 is 2.12 bits per heavy atom. The number of rotatable bonds is 2. The van der Waals surface area contributed by atoms with Crippen LogP contribution in [0.2, 0.25) is 5.15 Å². The maximum Gasteiger partial charge on any atom is 0.288 e. The standard InChI is InChI=1S/C8H7ClN4O4/c1-4(14)11-12-8(15)6-2-5(13(16)17)3-10-7(6)9/h2-3H,1H3,(H,11,14)(H,12,15). The lowest BCUT2D eigenvalue weighted by atomic mass is 10.2. The number of hydrogen-bond acceptors (Lipinski definition) is 5. The van der Waals surface area contributed by atoms with E-state index in [4.69, 9.17) is 11.6 Å². The van der Waals surface area contributed by atoms with Gasteiger partial charge in [-0.1, -0.05) is 11.6 Å². The number of nitrogens with one attached hydrogen (secondary N) is 2. The Hall–Kier alpha value is -2.22. The van der Waals surface area contributed by atoms with Crippen LogP contribution in [0.15, 0.2) is 12.3 Å². The summed E-state index contributed by atoms with van der Waals surface area (Å²) < 4.78 is 0. The fraction of sp³-hybridized carbons (Fsp3) is 0.125. The van der Waals surface area contributed by atoms with E-state index < -0.39 is 16.7 Å². The van der Waals surface area contributed by atoms with E-state index in [1.807, 2.05) is 10.9 Å². The topological polar surface area (TPSA) is 114 Å². The lowest BCUT2D eigenvalue weighted by Gasteiger charge is -2.05. The van der Waals surface area contributed by atoms with Crippen LogP contribution in [0.25, 0.3) is 0 Å². The van der Waals surface area contributed by atoms with Gasteiger partial charge < -0.3 is 0 Å². The van der Waals surface area contributed by atoms with Crippen LogP contribution in [0.4, 0.5) is 5.69 Å². The Labute approximate surface area is 100 Å². The van der Waals surface area contributed by atoms with Gasteiger partial charge in [0.1, 0.15) is 11.3 Å². The van der Waals surface area contributed by atoms with Gasteiger partial charge in [-0.05, 0) is 0 Å². The molecule has 1 aromatic heterocycles. The molecule has 0 aliphatic rings. The predicted molar refractivity (Wildman–Crippen MR) is 57.2 cm³/mol. The van der Waals surface area contributed by atoms with Gasteiger partial charge in [0.15, 0.2) is 0 Å². The van der Waals surface area contributed by atoms with Gasteiger partial charge in [-0.3, -0.25) is 30.6 Å². The molecule has 2 N–H and O–H groups in total. The molecule has 2 amide bonds. The van der Waals surface area contributed by atoms with Gasteiger partial charge in [0, 0.05) is 13.0 Å². The highest BCUT2D eigenvalue weighted by atomic mass is 35.5. The number of nitro groups is 1. The number of carbonyl (C=O) groups is 2. The summed E-state index contributed by atoms with van der Waals surface area (Å²) in [6, 6.07) is 0.965. The lowest BCUT2D eigenvalue weighted by molar-refractivity contribution is -0.385. The summed E-state index contributed by atoms with van der Waals surface area (Å²) in [6.45, 7) is 1.19. The number of amides is 2. The molecule has 1 heterocycles. The van der Waals surface area contributed by atoms with Gasteiger partial charge in [0.05, 0.1) is 10.5 Å². The molecular formula is C8H7ClN4O4. The maximum absolute atomic E-state index is 11.5. The van der Waals surface area contributed by atoms with E-state index in [9.17, 15) is 19.7 Å². The van der Waals surface area contributed by atoms with E-state index in [0.717, 1.165) is 12.3 Å². The zero-order chi connectivity index (χ0) is 13.0. The molecule has 0 unspecified atom stereocenters. The van der Waals surface area contributed by atoms with Gasteiger partial charge in [0.25, 0.3) is 11.6 Å². The van der Waals surface area contributed by atoms with Crippen molar-refractivity contribution in [3.05, 3.63) is 33.1 Å². The van der Waals surface area contributed by atoms with Crippen molar-refractivity contribution in [1.82, 2.24) is 15.8 Å². The SMILES string of the molecule is CC(=O)NNC(=O)c1cc([N+](=O)[O-])cnc1Cl. The molecule has 0 saturated carbocycles. The quantitative estimate of drug-likeness (QED) is 0.453. The minimum atomic E-state index is -0.790. The molecule has 0 fully saturated rings. The van der Waals surface area contributed by atoms with Crippen LogP contribution in [0.5, 0.6) is 0 Å². The monoisotopic (exact) mass is 258 g/mol. The molecule has 0 atom stereocenters. The molecule has 0 radical (unpaired) electrons. The lowest BCUT2D eigenvalue weighted by Crippen LogP contribution is -2.40. The van der Waals surface area contributed by atoms with Crippen LogP contribution in [0.1, 0.15) is 17.3 Å². The minimum Gasteiger partial charge on any atom is -0.274 e. The molecule has 9 heteroatoms. The second-order valence-electron chi connectivity index (χ2n) is 2.92. The summed E-state index contributed by atoms with van der Waals surface area (Å²) in [5, 5.41) is 10.3. The molecule has 0 aliphatic heterocycles. The van der Waals surface area contributed by atoms with Crippen molar-refractivity contribution in [2.45, 2.75) is 6.92 Å². The molecule has 0 saturated heterocycles. The first-order chi connectivity index (χ1) is 7.91. The number of hydrogen-bond donors (Lipinski definition) is 2. The molecule has 90 valence electrons. The Kier molecular flexibility index (Phi) is 3.94. The minimum absolute atomic E-state index is 0.196. The number of aromatic nitrogens is 1. The molecule has 0 aromatic carbocycles. The first-order valence-electron chi connectivity index (χ1n) is 4.28. The van der Waals surface area contributed by atoms with Gasteiger partial charge in [0.2, 0.25) is 5.91 Å². The highest BCUT2D eigenvalue weighted by Gasteiger charge is 2.17. The Morgan fingerprint density at radius 3 is 2.65 bits per heavy atom. The summed E-state index contributed by atoms with van der Waals surface area (Å²) in [6.07, 6.45) is 0.928. The number of hydrazine groups is 1.